The van der Waals surface area contributed by atoms with E-state index in [0.717, 1.165) is 16.8 Å². The number of anilines is 1. The molecule has 0 aliphatic rings. The van der Waals surface area contributed by atoms with E-state index in [9.17, 15) is 5.11 Å². The maximum atomic E-state index is 9.28. The first-order chi connectivity index (χ1) is 6.02. The van der Waals surface area contributed by atoms with Crippen molar-refractivity contribution in [3.8, 4) is 0 Å². The van der Waals surface area contributed by atoms with E-state index < -0.39 is 6.10 Å². The van der Waals surface area contributed by atoms with Crippen molar-refractivity contribution < 1.29 is 5.11 Å². The largest absolute Gasteiger partial charge is 0.399 e. The van der Waals surface area contributed by atoms with Gasteiger partial charge in [-0.15, -0.1) is 0 Å². The van der Waals surface area contributed by atoms with Gasteiger partial charge >= 0.3 is 0 Å². The summed E-state index contributed by atoms with van der Waals surface area (Å²) in [4.78, 5) is 0. The van der Waals surface area contributed by atoms with Crippen LogP contribution in [0, 0.1) is 6.92 Å². The molecular weight excluding hydrogens is 164 g/mol. The van der Waals surface area contributed by atoms with E-state index in [4.69, 9.17) is 11.5 Å². The van der Waals surface area contributed by atoms with Gasteiger partial charge in [-0.05, 0) is 31.0 Å². The lowest BCUT2D eigenvalue weighted by molar-refractivity contribution is 0.164. The summed E-state index contributed by atoms with van der Waals surface area (Å²) in [6, 6.07) is 5.23. The van der Waals surface area contributed by atoms with Gasteiger partial charge < -0.3 is 16.6 Å². The zero-order valence-corrected chi connectivity index (χ0v) is 7.99. The summed E-state index contributed by atoms with van der Waals surface area (Å²) in [5.41, 5.74) is 14.1. The molecule has 0 fully saturated rings. The number of hydrogen-bond donors (Lipinski definition) is 3. The molecule has 0 spiro atoms. The third-order valence-electron chi connectivity index (χ3n) is 2.20. The lowest BCUT2D eigenvalue weighted by Crippen LogP contribution is -2.23. The Bertz CT molecular complexity index is 297. The van der Waals surface area contributed by atoms with Crippen molar-refractivity contribution in [1.29, 1.82) is 0 Å². The molecule has 3 nitrogen and oxygen atoms in total. The molecule has 0 bridgehead atoms. The van der Waals surface area contributed by atoms with Crippen LogP contribution in [-0.4, -0.2) is 11.2 Å². The summed E-state index contributed by atoms with van der Waals surface area (Å²) in [7, 11) is 0. The molecule has 0 amide bonds. The first kappa shape index (κ1) is 10.0. The number of nitrogen functional groups attached to an aromatic ring is 1. The fourth-order valence-electron chi connectivity index (χ4n) is 1.18. The monoisotopic (exact) mass is 180 g/mol. The number of hydrogen-bond acceptors (Lipinski definition) is 3. The molecule has 0 aliphatic heterocycles. The van der Waals surface area contributed by atoms with Crippen molar-refractivity contribution in [2.45, 2.75) is 26.0 Å². The molecular formula is C10H16N2O. The predicted octanol–water partition coefficient (Wildman–Crippen LogP) is 0.958. The minimum Gasteiger partial charge on any atom is -0.399 e. The van der Waals surface area contributed by atoms with E-state index in [1.165, 1.54) is 0 Å². The SMILES string of the molecule is Cc1cc([C@H](N)[C@@H](C)O)ccc1N. The number of aliphatic hydroxyl groups is 1. The normalized spacial score (nSPS) is 15.4. The van der Waals surface area contributed by atoms with Crippen LogP contribution >= 0.6 is 0 Å². The third kappa shape index (κ3) is 2.20. The highest BCUT2D eigenvalue weighted by Crippen LogP contribution is 2.19. The van der Waals surface area contributed by atoms with E-state index in [1.807, 2.05) is 25.1 Å². The average Bonchev–Trinajstić information content (AvgIpc) is 2.08. The zero-order chi connectivity index (χ0) is 10.0. The Balaban J connectivity index is 2.97. The molecule has 0 heterocycles. The smallest absolute Gasteiger partial charge is 0.0704 e. The lowest BCUT2D eigenvalue weighted by atomic mass is 10.0. The molecule has 0 radical (unpaired) electrons. The molecule has 2 atom stereocenters. The zero-order valence-electron chi connectivity index (χ0n) is 7.99. The summed E-state index contributed by atoms with van der Waals surface area (Å²) in [6.45, 7) is 3.60. The van der Waals surface area contributed by atoms with Crippen LogP contribution in [0.3, 0.4) is 0 Å². The summed E-state index contributed by atoms with van der Waals surface area (Å²) in [5.74, 6) is 0. The molecule has 0 aromatic heterocycles. The Labute approximate surface area is 78.4 Å². The molecule has 1 rings (SSSR count). The van der Waals surface area contributed by atoms with Crippen LogP contribution in [0.1, 0.15) is 24.1 Å². The third-order valence-corrected chi connectivity index (χ3v) is 2.20. The first-order valence-electron chi connectivity index (χ1n) is 4.32. The van der Waals surface area contributed by atoms with Crippen LogP contribution in [0.5, 0.6) is 0 Å². The topological polar surface area (TPSA) is 72.3 Å². The van der Waals surface area contributed by atoms with Crippen LogP contribution < -0.4 is 11.5 Å². The van der Waals surface area contributed by atoms with Gasteiger partial charge in [-0.1, -0.05) is 12.1 Å². The minimum absolute atomic E-state index is 0.334. The maximum absolute atomic E-state index is 9.28. The highest BCUT2D eigenvalue weighted by Gasteiger charge is 2.11. The Hall–Kier alpha value is -1.06. The number of aliphatic hydroxyl groups excluding tert-OH is 1. The van der Waals surface area contributed by atoms with Crippen molar-refractivity contribution in [2.24, 2.45) is 5.73 Å². The Morgan fingerprint density at radius 3 is 2.46 bits per heavy atom. The quantitative estimate of drug-likeness (QED) is 0.593. The summed E-state index contributed by atoms with van der Waals surface area (Å²) >= 11 is 0. The number of aryl methyl sites for hydroxylation is 1. The van der Waals surface area contributed by atoms with E-state index >= 15 is 0 Å². The highest BCUT2D eigenvalue weighted by molar-refractivity contribution is 5.48. The van der Waals surface area contributed by atoms with Gasteiger partial charge in [0.15, 0.2) is 0 Å². The molecule has 0 saturated heterocycles. The van der Waals surface area contributed by atoms with Gasteiger partial charge in [-0.2, -0.15) is 0 Å². The molecule has 1 aromatic carbocycles. The fourth-order valence-corrected chi connectivity index (χ4v) is 1.18. The van der Waals surface area contributed by atoms with Gasteiger partial charge in [0.25, 0.3) is 0 Å². The second kappa shape index (κ2) is 3.77. The second-order valence-electron chi connectivity index (χ2n) is 3.38. The molecule has 1 aromatic rings. The van der Waals surface area contributed by atoms with Crippen LogP contribution in [-0.2, 0) is 0 Å². The van der Waals surface area contributed by atoms with Crippen molar-refractivity contribution in [3.05, 3.63) is 29.3 Å². The Morgan fingerprint density at radius 2 is 2.00 bits per heavy atom. The lowest BCUT2D eigenvalue weighted by Gasteiger charge is -2.15. The van der Waals surface area contributed by atoms with Gasteiger partial charge in [0.05, 0.1) is 12.1 Å². The average molecular weight is 180 g/mol. The Kier molecular flexibility index (Phi) is 2.90. The number of benzene rings is 1. The molecule has 13 heavy (non-hydrogen) atoms. The van der Waals surface area contributed by atoms with E-state index in [2.05, 4.69) is 0 Å². The van der Waals surface area contributed by atoms with Gasteiger partial charge in [0, 0.05) is 5.69 Å². The Morgan fingerprint density at radius 1 is 1.38 bits per heavy atom. The molecule has 0 unspecified atom stereocenters. The molecule has 0 aliphatic carbocycles. The molecule has 0 saturated carbocycles. The second-order valence-corrected chi connectivity index (χ2v) is 3.38. The van der Waals surface area contributed by atoms with Crippen molar-refractivity contribution in [3.63, 3.8) is 0 Å². The maximum Gasteiger partial charge on any atom is 0.0704 e. The number of rotatable bonds is 2. The van der Waals surface area contributed by atoms with Gasteiger partial charge in [0.2, 0.25) is 0 Å². The van der Waals surface area contributed by atoms with Crippen LogP contribution in [0.15, 0.2) is 18.2 Å². The van der Waals surface area contributed by atoms with Gasteiger partial charge in [-0.3, -0.25) is 0 Å². The van der Waals surface area contributed by atoms with E-state index in [-0.39, 0.29) is 6.04 Å². The van der Waals surface area contributed by atoms with Gasteiger partial charge in [0.1, 0.15) is 0 Å². The highest BCUT2D eigenvalue weighted by atomic mass is 16.3. The minimum atomic E-state index is -0.539. The summed E-state index contributed by atoms with van der Waals surface area (Å²) < 4.78 is 0. The van der Waals surface area contributed by atoms with Crippen LogP contribution in [0.2, 0.25) is 0 Å². The van der Waals surface area contributed by atoms with Crippen LogP contribution in [0.25, 0.3) is 0 Å². The molecule has 3 heteroatoms. The summed E-state index contributed by atoms with van der Waals surface area (Å²) in [5, 5.41) is 9.28. The number of nitrogens with two attached hydrogens (primary N) is 2. The van der Waals surface area contributed by atoms with Crippen molar-refractivity contribution in [2.75, 3.05) is 5.73 Å². The predicted molar refractivity (Wildman–Crippen MR) is 54.2 cm³/mol. The first-order valence-corrected chi connectivity index (χ1v) is 4.32. The standard InChI is InChI=1S/C10H16N2O/c1-6-5-8(3-4-9(6)11)10(12)7(2)13/h3-5,7,10,13H,11-12H2,1-2H3/t7-,10-/m1/s1. The fraction of sp³-hybridized carbons (Fsp3) is 0.400. The van der Waals surface area contributed by atoms with Gasteiger partial charge in [-0.25, -0.2) is 0 Å². The van der Waals surface area contributed by atoms with E-state index in [1.54, 1.807) is 6.92 Å². The summed E-state index contributed by atoms with van der Waals surface area (Å²) in [6.07, 6.45) is -0.539. The van der Waals surface area contributed by atoms with Crippen molar-refractivity contribution >= 4 is 5.69 Å². The van der Waals surface area contributed by atoms with Crippen molar-refractivity contribution in [1.82, 2.24) is 0 Å². The van der Waals surface area contributed by atoms with E-state index in [0.29, 0.717) is 0 Å². The van der Waals surface area contributed by atoms with Crippen LogP contribution in [0.4, 0.5) is 5.69 Å². The molecule has 5 N–H and O–H groups in total. The molecule has 72 valence electrons.